The Morgan fingerprint density at radius 3 is 2.50 bits per heavy atom. The Hall–Kier alpha value is -3.99. The molecule has 0 aliphatic carbocycles. The van der Waals surface area contributed by atoms with Gasteiger partial charge >= 0.3 is 5.97 Å². The Morgan fingerprint density at radius 1 is 0.969 bits per heavy atom. The molecule has 2 heterocycles. The summed E-state index contributed by atoms with van der Waals surface area (Å²) in [4.78, 5) is 15.1. The van der Waals surface area contributed by atoms with Crippen LogP contribution in [0.4, 0.5) is 0 Å². The number of hydrogen-bond acceptors (Lipinski definition) is 3. The molecule has 0 fully saturated rings. The van der Waals surface area contributed by atoms with Gasteiger partial charge in [-0.3, -0.25) is 0 Å². The Kier molecular flexibility index (Phi) is 4.94. The molecule has 2 N–H and O–H groups in total. The summed E-state index contributed by atoms with van der Waals surface area (Å²) in [7, 11) is 1.67. The summed E-state index contributed by atoms with van der Waals surface area (Å²) in [6, 6.07) is 21.1. The zero-order valence-electron chi connectivity index (χ0n) is 17.9. The van der Waals surface area contributed by atoms with Crippen molar-refractivity contribution in [3.63, 3.8) is 0 Å². The van der Waals surface area contributed by atoms with Gasteiger partial charge in [-0.15, -0.1) is 0 Å². The van der Waals surface area contributed by atoms with E-state index in [0.717, 1.165) is 63.2 Å². The first-order chi connectivity index (χ1) is 15.6. The predicted octanol–water partition coefficient (Wildman–Crippen LogP) is 6.91. The molecule has 32 heavy (non-hydrogen) atoms. The molecule has 0 atom stereocenters. The molecule has 5 rings (SSSR count). The Labute approximate surface area is 185 Å². The Balaban J connectivity index is 1.62. The molecule has 0 radical (unpaired) electrons. The first kappa shape index (κ1) is 19.9. The number of furan rings is 1. The van der Waals surface area contributed by atoms with Crippen molar-refractivity contribution in [3.8, 4) is 28.5 Å². The van der Waals surface area contributed by atoms with Gasteiger partial charge in [0.2, 0.25) is 0 Å². The van der Waals surface area contributed by atoms with Crippen LogP contribution >= 0.6 is 0 Å². The van der Waals surface area contributed by atoms with Crippen LogP contribution in [0.3, 0.4) is 0 Å². The average Bonchev–Trinajstić information content (AvgIpc) is 3.46. The zero-order valence-corrected chi connectivity index (χ0v) is 17.9. The summed E-state index contributed by atoms with van der Waals surface area (Å²) in [5.41, 5.74) is 5.01. The van der Waals surface area contributed by atoms with Crippen LogP contribution in [0.1, 0.15) is 29.3 Å². The molecular formula is C27H23NO4. The lowest BCUT2D eigenvalue weighted by Gasteiger charge is -2.08. The van der Waals surface area contributed by atoms with Gasteiger partial charge in [-0.05, 0) is 53.1 Å². The molecule has 0 bridgehead atoms. The molecular weight excluding hydrogens is 402 g/mol. The molecule has 0 aliphatic rings. The molecule has 0 amide bonds. The highest BCUT2D eigenvalue weighted by molar-refractivity contribution is 6.08. The van der Waals surface area contributed by atoms with E-state index in [1.54, 1.807) is 13.2 Å². The van der Waals surface area contributed by atoms with Gasteiger partial charge in [0.25, 0.3) is 0 Å². The number of H-pyrrole nitrogens is 1. The van der Waals surface area contributed by atoms with Crippen LogP contribution < -0.4 is 4.74 Å². The van der Waals surface area contributed by atoms with E-state index < -0.39 is 5.97 Å². The normalized spacial score (nSPS) is 11.3. The molecule has 5 nitrogen and oxygen atoms in total. The molecule has 160 valence electrons. The third-order valence-corrected chi connectivity index (χ3v) is 5.86. The lowest BCUT2D eigenvalue weighted by Crippen LogP contribution is -1.98. The fourth-order valence-electron chi connectivity index (χ4n) is 4.35. The van der Waals surface area contributed by atoms with Crippen LogP contribution in [0.5, 0.6) is 5.75 Å². The van der Waals surface area contributed by atoms with Gasteiger partial charge in [-0.25, -0.2) is 4.79 Å². The van der Waals surface area contributed by atoms with Crippen LogP contribution in [0.2, 0.25) is 0 Å². The number of carboxylic acid groups (broad SMARTS) is 1. The quantitative estimate of drug-likeness (QED) is 0.310. The van der Waals surface area contributed by atoms with Gasteiger partial charge in [-0.1, -0.05) is 49.7 Å². The zero-order chi connectivity index (χ0) is 22.2. The molecule has 0 unspecified atom stereocenters. The van der Waals surface area contributed by atoms with E-state index >= 15 is 0 Å². The number of methoxy groups -OCH3 is 1. The number of carboxylic acids is 1. The Morgan fingerprint density at radius 2 is 1.75 bits per heavy atom. The summed E-state index contributed by atoms with van der Waals surface area (Å²) in [5, 5.41) is 12.1. The largest absolute Gasteiger partial charge is 0.496 e. The van der Waals surface area contributed by atoms with Crippen molar-refractivity contribution in [2.75, 3.05) is 7.11 Å². The van der Waals surface area contributed by atoms with Crippen molar-refractivity contribution in [1.29, 1.82) is 0 Å². The minimum absolute atomic E-state index is 0.295. The lowest BCUT2D eigenvalue weighted by atomic mass is 9.98. The number of carbonyl (C=O) groups is 1. The van der Waals surface area contributed by atoms with Gasteiger partial charge in [0.15, 0.2) is 5.76 Å². The van der Waals surface area contributed by atoms with E-state index in [0.29, 0.717) is 10.9 Å². The molecule has 5 aromatic rings. The summed E-state index contributed by atoms with van der Waals surface area (Å²) < 4.78 is 11.8. The SMILES string of the molecule is CCCc1ccc(OC)c2cc(-c3ccc(-c4ccc(C(=O)O)c5ccccc45)[nH]3)oc12. The summed E-state index contributed by atoms with van der Waals surface area (Å²) >= 11 is 0. The number of ether oxygens (including phenoxy) is 1. The van der Waals surface area contributed by atoms with Gasteiger partial charge in [-0.2, -0.15) is 0 Å². The fourth-order valence-corrected chi connectivity index (χ4v) is 4.35. The van der Waals surface area contributed by atoms with Crippen molar-refractivity contribution in [2.45, 2.75) is 19.8 Å². The number of hydrogen-bond donors (Lipinski definition) is 2. The fraction of sp³-hybridized carbons (Fsp3) is 0.148. The lowest BCUT2D eigenvalue weighted by molar-refractivity contribution is 0.0699. The summed E-state index contributed by atoms with van der Waals surface area (Å²) in [6.45, 7) is 2.15. The molecule has 0 saturated carbocycles. The second-order valence-corrected chi connectivity index (χ2v) is 7.83. The van der Waals surface area contributed by atoms with E-state index in [2.05, 4.69) is 18.0 Å². The van der Waals surface area contributed by atoms with Crippen molar-refractivity contribution in [3.05, 3.63) is 77.9 Å². The minimum atomic E-state index is -0.931. The second-order valence-electron chi connectivity index (χ2n) is 7.83. The highest BCUT2D eigenvalue weighted by atomic mass is 16.5. The number of fused-ring (bicyclic) bond motifs is 2. The molecule has 2 aromatic heterocycles. The minimum Gasteiger partial charge on any atom is -0.496 e. The molecule has 5 heteroatoms. The molecule has 0 saturated heterocycles. The number of aromatic carboxylic acids is 1. The van der Waals surface area contributed by atoms with E-state index in [4.69, 9.17) is 9.15 Å². The number of aromatic amines is 1. The van der Waals surface area contributed by atoms with Crippen molar-refractivity contribution in [1.82, 2.24) is 4.98 Å². The number of nitrogens with one attached hydrogen (secondary N) is 1. The van der Waals surface area contributed by atoms with Crippen molar-refractivity contribution >= 4 is 27.7 Å². The monoisotopic (exact) mass is 425 g/mol. The van der Waals surface area contributed by atoms with Crippen LogP contribution in [0, 0.1) is 0 Å². The van der Waals surface area contributed by atoms with E-state index in [9.17, 15) is 9.90 Å². The third-order valence-electron chi connectivity index (χ3n) is 5.86. The number of rotatable bonds is 6. The van der Waals surface area contributed by atoms with Crippen LogP contribution in [0.15, 0.2) is 71.1 Å². The maximum absolute atomic E-state index is 11.6. The third kappa shape index (κ3) is 3.23. The maximum atomic E-state index is 11.6. The maximum Gasteiger partial charge on any atom is 0.336 e. The standard InChI is InChI=1S/C27H23NO4/c1-3-6-16-9-14-24(31-2)21-15-25(32-26(16)21)23-13-12-22(28-23)19-10-11-20(27(29)30)18-8-5-4-7-17(18)19/h4-5,7-15,28H,3,6H2,1-2H3,(H,29,30). The van der Waals surface area contributed by atoms with Gasteiger partial charge < -0.3 is 19.2 Å². The Bertz CT molecular complexity index is 1460. The summed E-state index contributed by atoms with van der Waals surface area (Å²) in [5.74, 6) is 0.593. The van der Waals surface area contributed by atoms with E-state index in [1.165, 1.54) is 0 Å². The van der Waals surface area contributed by atoms with E-state index in [-0.39, 0.29) is 0 Å². The van der Waals surface area contributed by atoms with Crippen LogP contribution in [0.25, 0.3) is 44.5 Å². The van der Waals surface area contributed by atoms with E-state index in [1.807, 2.05) is 54.6 Å². The second kappa shape index (κ2) is 7.93. The number of aromatic nitrogens is 1. The highest BCUT2D eigenvalue weighted by Crippen LogP contribution is 2.37. The predicted molar refractivity (Wildman–Crippen MR) is 126 cm³/mol. The highest BCUT2D eigenvalue weighted by Gasteiger charge is 2.17. The topological polar surface area (TPSA) is 75.5 Å². The van der Waals surface area contributed by atoms with Crippen molar-refractivity contribution in [2.24, 2.45) is 0 Å². The number of benzene rings is 3. The molecule has 3 aromatic carbocycles. The number of aryl methyl sites for hydroxylation is 1. The molecule has 0 spiro atoms. The first-order valence-electron chi connectivity index (χ1n) is 10.6. The average molecular weight is 425 g/mol. The molecule has 0 aliphatic heterocycles. The first-order valence-corrected chi connectivity index (χ1v) is 10.6. The summed E-state index contributed by atoms with van der Waals surface area (Å²) in [6.07, 6.45) is 1.97. The smallest absolute Gasteiger partial charge is 0.336 e. The van der Waals surface area contributed by atoms with Crippen LogP contribution in [-0.2, 0) is 6.42 Å². The van der Waals surface area contributed by atoms with Crippen LogP contribution in [-0.4, -0.2) is 23.2 Å². The van der Waals surface area contributed by atoms with Gasteiger partial charge in [0.05, 0.1) is 23.8 Å². The van der Waals surface area contributed by atoms with Crippen molar-refractivity contribution < 1.29 is 19.1 Å². The van der Waals surface area contributed by atoms with Gasteiger partial charge in [0, 0.05) is 11.3 Å². The van der Waals surface area contributed by atoms with Gasteiger partial charge in [0.1, 0.15) is 11.3 Å².